The number of fused-ring (bicyclic) bond motifs is 1. The maximum atomic E-state index is 13.6. The van der Waals surface area contributed by atoms with Crippen molar-refractivity contribution in [2.45, 2.75) is 18.8 Å². The van der Waals surface area contributed by atoms with Gasteiger partial charge in [-0.1, -0.05) is 12.1 Å². The fourth-order valence-corrected chi connectivity index (χ4v) is 5.97. The van der Waals surface area contributed by atoms with E-state index in [0.717, 1.165) is 34.7 Å². The Labute approximate surface area is 301 Å². The summed E-state index contributed by atoms with van der Waals surface area (Å²) in [6.07, 6.45) is -4.33. The van der Waals surface area contributed by atoms with E-state index in [1.165, 1.54) is 19.4 Å². The Morgan fingerprint density at radius 3 is 2.25 bits per heavy atom. The molecule has 1 aliphatic heterocycles. The molecule has 0 spiro atoms. The molecule has 3 aromatic carbocycles. The van der Waals surface area contributed by atoms with Crippen LogP contribution in [0, 0.1) is 0 Å². The molecule has 0 atom stereocenters. The number of carbonyl (C=O) groups excluding carboxylic acids is 2. The molecule has 2 aromatic heterocycles. The lowest BCUT2D eigenvalue weighted by Gasteiger charge is -2.34. The van der Waals surface area contributed by atoms with Crippen LogP contribution >= 0.6 is 0 Å². The van der Waals surface area contributed by atoms with Gasteiger partial charge in [0.25, 0.3) is 11.8 Å². The molecule has 278 valence electrons. The van der Waals surface area contributed by atoms with Gasteiger partial charge in [-0.25, -0.2) is 13.8 Å². The minimum absolute atomic E-state index is 0.0746. The summed E-state index contributed by atoms with van der Waals surface area (Å²) in [6, 6.07) is 20.1. The summed E-state index contributed by atoms with van der Waals surface area (Å²) in [5, 5.41) is 3.44. The van der Waals surface area contributed by atoms with Crippen molar-refractivity contribution in [2.24, 2.45) is 7.05 Å². The van der Waals surface area contributed by atoms with Crippen molar-refractivity contribution in [1.82, 2.24) is 19.4 Å². The number of ether oxygens (including phenoxy) is 3. The molecule has 0 saturated carbocycles. The number of hydrogen-bond donors (Lipinski definition) is 1. The van der Waals surface area contributed by atoms with Gasteiger partial charge in [0.15, 0.2) is 6.10 Å². The molecule has 1 saturated heterocycles. The maximum Gasteiger partial charge on any atom is 0.416 e. The van der Waals surface area contributed by atoms with E-state index in [4.69, 9.17) is 14.2 Å². The molecule has 2 amide bonds. The van der Waals surface area contributed by atoms with Crippen molar-refractivity contribution < 1.29 is 45.8 Å². The highest BCUT2D eigenvalue weighted by Crippen LogP contribution is 2.34. The van der Waals surface area contributed by atoms with Crippen LogP contribution in [0.15, 0.2) is 85.1 Å². The van der Waals surface area contributed by atoms with Crippen molar-refractivity contribution in [3.05, 3.63) is 107 Å². The van der Waals surface area contributed by atoms with Crippen LogP contribution in [0.2, 0.25) is 0 Å². The summed E-state index contributed by atoms with van der Waals surface area (Å²) in [7, 11) is 3.00. The third-order valence-electron chi connectivity index (χ3n) is 8.86. The van der Waals surface area contributed by atoms with E-state index >= 15 is 0 Å². The highest BCUT2D eigenvalue weighted by molar-refractivity contribution is 6.06. The van der Waals surface area contributed by atoms with Gasteiger partial charge in [-0.2, -0.15) is 13.2 Å². The van der Waals surface area contributed by atoms with Crippen molar-refractivity contribution in [3.8, 4) is 23.1 Å². The predicted molar refractivity (Wildman–Crippen MR) is 187 cm³/mol. The third-order valence-corrected chi connectivity index (χ3v) is 8.86. The Morgan fingerprint density at radius 1 is 0.887 bits per heavy atom. The van der Waals surface area contributed by atoms with E-state index in [9.17, 15) is 31.5 Å². The number of benzene rings is 3. The van der Waals surface area contributed by atoms with E-state index in [1.807, 2.05) is 40.8 Å². The molecule has 0 aliphatic carbocycles. The molecule has 6 rings (SSSR count). The zero-order chi connectivity index (χ0) is 37.7. The number of alkyl halides is 5. The molecule has 1 N–H and O–H groups in total. The van der Waals surface area contributed by atoms with Crippen LogP contribution in [-0.2, 0) is 19.8 Å². The average Bonchev–Trinajstić information content (AvgIpc) is 3.49. The first kappa shape index (κ1) is 37.1. The summed E-state index contributed by atoms with van der Waals surface area (Å²) in [6.45, 7) is 1.32. The zero-order valence-electron chi connectivity index (χ0n) is 28.8. The fraction of sp³-hybridized carbons (Fsp3) is 0.289. The van der Waals surface area contributed by atoms with Gasteiger partial charge < -0.3 is 29.0 Å². The van der Waals surface area contributed by atoms with Crippen molar-refractivity contribution in [2.75, 3.05) is 52.0 Å². The van der Waals surface area contributed by atoms with Gasteiger partial charge in [0.2, 0.25) is 5.88 Å². The number of hydrogen-bond acceptors (Lipinski definition) is 7. The van der Waals surface area contributed by atoms with Crippen LogP contribution in [0.25, 0.3) is 10.9 Å². The van der Waals surface area contributed by atoms with Crippen LogP contribution in [0.1, 0.15) is 32.0 Å². The van der Waals surface area contributed by atoms with E-state index < -0.39 is 37.1 Å². The minimum Gasteiger partial charge on any atom is -0.496 e. The second-order valence-electron chi connectivity index (χ2n) is 12.4. The number of carbonyl (C=O) groups is 2. The number of anilines is 1. The van der Waals surface area contributed by atoms with Gasteiger partial charge >= 0.3 is 6.18 Å². The summed E-state index contributed by atoms with van der Waals surface area (Å²) in [5.74, 6) is 0.127. The number of halogens is 5. The molecule has 53 heavy (non-hydrogen) atoms. The van der Waals surface area contributed by atoms with Gasteiger partial charge in [0, 0.05) is 57.3 Å². The van der Waals surface area contributed by atoms with Gasteiger partial charge in [-0.05, 0) is 60.2 Å². The van der Waals surface area contributed by atoms with Crippen LogP contribution in [-0.4, -0.2) is 83.9 Å². The number of aromatic nitrogens is 2. The maximum absolute atomic E-state index is 13.6. The predicted octanol–water partition coefficient (Wildman–Crippen LogP) is 7.29. The van der Waals surface area contributed by atoms with Gasteiger partial charge in [0.05, 0.1) is 35.6 Å². The number of methoxy groups -OCH3 is 1. The van der Waals surface area contributed by atoms with Crippen LogP contribution in [0.5, 0.6) is 23.1 Å². The number of pyridine rings is 1. The van der Waals surface area contributed by atoms with E-state index in [0.29, 0.717) is 49.9 Å². The van der Waals surface area contributed by atoms with Crippen molar-refractivity contribution >= 4 is 28.4 Å². The van der Waals surface area contributed by atoms with E-state index in [1.54, 1.807) is 30.3 Å². The first-order valence-electron chi connectivity index (χ1n) is 16.6. The largest absolute Gasteiger partial charge is 0.496 e. The minimum atomic E-state index is -4.58. The molecular formula is C38H36F5N5O5. The van der Waals surface area contributed by atoms with Gasteiger partial charge in [-0.15, -0.1) is 0 Å². The molecule has 10 nitrogen and oxygen atoms in total. The highest BCUT2D eigenvalue weighted by Gasteiger charge is 2.32. The first-order chi connectivity index (χ1) is 25.4. The zero-order valence-corrected chi connectivity index (χ0v) is 28.8. The molecular weight excluding hydrogens is 701 g/mol. The third kappa shape index (κ3) is 8.68. The molecule has 1 fully saturated rings. The number of rotatable bonds is 12. The second kappa shape index (κ2) is 15.9. The summed E-state index contributed by atoms with van der Waals surface area (Å²) in [4.78, 5) is 34.7. The summed E-state index contributed by atoms with van der Waals surface area (Å²) >= 11 is 0. The Balaban J connectivity index is 1.04. The average molecular weight is 738 g/mol. The number of piperazine rings is 1. The molecule has 15 heteroatoms. The molecule has 5 aromatic rings. The fourth-order valence-electron chi connectivity index (χ4n) is 5.97. The quantitative estimate of drug-likeness (QED) is 0.134. The molecule has 0 radical (unpaired) electrons. The van der Waals surface area contributed by atoms with E-state index in [-0.39, 0.29) is 28.8 Å². The summed E-state index contributed by atoms with van der Waals surface area (Å²) < 4.78 is 82.8. The molecule has 1 aliphatic rings. The lowest BCUT2D eigenvalue weighted by molar-refractivity contribution is -0.137. The number of amides is 2. The highest BCUT2D eigenvalue weighted by atomic mass is 19.4. The normalized spacial score (nSPS) is 13.7. The molecule has 0 bridgehead atoms. The second-order valence-corrected chi connectivity index (χ2v) is 12.4. The smallest absolute Gasteiger partial charge is 0.416 e. The van der Waals surface area contributed by atoms with Gasteiger partial charge in [0.1, 0.15) is 36.3 Å². The number of aryl methyl sites for hydroxylation is 1. The Bertz CT molecular complexity index is 2060. The lowest BCUT2D eigenvalue weighted by atomic mass is 10.1. The van der Waals surface area contributed by atoms with Crippen LogP contribution in [0.4, 0.5) is 27.6 Å². The monoisotopic (exact) mass is 737 g/mol. The topological polar surface area (TPSA) is 98.2 Å². The van der Waals surface area contributed by atoms with Gasteiger partial charge in [-0.3, -0.25) is 14.5 Å². The standard InChI is InChI=1S/C38H36F5N5O5/c1-46-32-19-29(53-35-12-7-27(22-44-35)45-36(49)31-11-6-26(38(41,42)43)18-34(31)51-2)10-5-25(32)17-33(46)37(50)48-15-13-47(14-16-48)23-24-3-8-28(9-4-24)52-30(20-39)21-40/h3-12,17-19,22,30H,13-16,20-21,23H2,1-2H3,(H,45,49). The van der Waals surface area contributed by atoms with E-state index in [2.05, 4.69) is 15.2 Å². The molecule has 0 unspecified atom stereocenters. The summed E-state index contributed by atoms with van der Waals surface area (Å²) in [5.41, 5.74) is 1.61. The number of nitrogens with zero attached hydrogens (tertiary/aromatic N) is 4. The van der Waals surface area contributed by atoms with Crippen LogP contribution in [0.3, 0.4) is 0 Å². The Hall–Kier alpha value is -5.70. The molecule has 3 heterocycles. The van der Waals surface area contributed by atoms with Crippen molar-refractivity contribution in [3.63, 3.8) is 0 Å². The Kier molecular flexibility index (Phi) is 11.1. The van der Waals surface area contributed by atoms with Crippen molar-refractivity contribution in [1.29, 1.82) is 0 Å². The van der Waals surface area contributed by atoms with Crippen LogP contribution < -0.4 is 19.5 Å². The lowest BCUT2D eigenvalue weighted by Crippen LogP contribution is -2.48. The number of nitrogens with one attached hydrogen (secondary N) is 1. The first-order valence-corrected chi connectivity index (χ1v) is 16.6. The SMILES string of the molecule is COc1cc(C(F)(F)F)ccc1C(=O)Nc1ccc(Oc2ccc3cc(C(=O)N4CCN(Cc5ccc(OC(CF)CF)cc5)CC4)n(C)c3c2)nc1. The Morgan fingerprint density at radius 2 is 1.60 bits per heavy atom.